The van der Waals surface area contributed by atoms with Crippen molar-refractivity contribution in [1.82, 2.24) is 4.90 Å². The van der Waals surface area contributed by atoms with Crippen LogP contribution in [-0.4, -0.2) is 28.5 Å². The average molecular weight is 431 g/mol. The average Bonchev–Trinajstić information content (AvgIpc) is 2.82. The van der Waals surface area contributed by atoms with E-state index < -0.39 is 17.1 Å². The minimum Gasteiger partial charge on any atom is -0.325 e. The first-order valence-corrected chi connectivity index (χ1v) is 9.41. The number of benzene rings is 2. The van der Waals surface area contributed by atoms with E-state index in [4.69, 9.17) is 0 Å². The molecular formula is C19H15BrN2O3S. The van der Waals surface area contributed by atoms with Gasteiger partial charge in [-0.25, -0.2) is 0 Å². The van der Waals surface area contributed by atoms with Gasteiger partial charge in [0.2, 0.25) is 5.91 Å². The largest absolute Gasteiger partial charge is 0.325 e. The van der Waals surface area contributed by atoms with Gasteiger partial charge < -0.3 is 5.32 Å². The summed E-state index contributed by atoms with van der Waals surface area (Å²) in [6, 6.07) is 14.7. The zero-order valence-corrected chi connectivity index (χ0v) is 16.3. The van der Waals surface area contributed by atoms with Gasteiger partial charge in [-0.2, -0.15) is 0 Å². The molecule has 5 nitrogen and oxygen atoms in total. The van der Waals surface area contributed by atoms with E-state index >= 15 is 0 Å². The molecule has 1 aliphatic heterocycles. The van der Waals surface area contributed by atoms with Crippen molar-refractivity contribution in [3.63, 3.8) is 0 Å². The van der Waals surface area contributed by atoms with E-state index in [0.717, 1.165) is 32.3 Å². The molecule has 26 heavy (non-hydrogen) atoms. The fraction of sp³-hybridized carbons (Fsp3) is 0.105. The van der Waals surface area contributed by atoms with Crippen molar-refractivity contribution < 1.29 is 14.4 Å². The second-order valence-corrected chi connectivity index (χ2v) is 7.65. The summed E-state index contributed by atoms with van der Waals surface area (Å²) in [5.74, 6) is -0.874. The maximum absolute atomic E-state index is 12.5. The standard InChI is InChI=1S/C19H15BrN2O3S/c1-12-4-2-7-15(8-12)21-17(23)11-22-18(24)16(26-19(22)25)10-13-5-3-6-14(20)9-13/h2-10H,11H2,1H3,(H,21,23)/b16-10+. The molecule has 1 aliphatic rings. The molecule has 1 fully saturated rings. The number of carbonyl (C=O) groups is 3. The highest BCUT2D eigenvalue weighted by Gasteiger charge is 2.36. The molecule has 1 saturated heterocycles. The van der Waals surface area contributed by atoms with Crippen LogP contribution in [0.2, 0.25) is 0 Å². The van der Waals surface area contributed by atoms with Crippen molar-refractivity contribution in [2.24, 2.45) is 0 Å². The van der Waals surface area contributed by atoms with Crippen molar-refractivity contribution in [3.05, 3.63) is 69.0 Å². The third-order valence-corrected chi connectivity index (χ3v) is 5.02. The summed E-state index contributed by atoms with van der Waals surface area (Å²) in [5.41, 5.74) is 2.44. The molecule has 132 valence electrons. The van der Waals surface area contributed by atoms with Gasteiger partial charge in [-0.15, -0.1) is 0 Å². The second-order valence-electron chi connectivity index (χ2n) is 5.74. The molecule has 0 unspecified atom stereocenters. The van der Waals surface area contributed by atoms with E-state index in [-0.39, 0.29) is 6.54 Å². The summed E-state index contributed by atoms with van der Waals surface area (Å²) in [5, 5.41) is 2.25. The summed E-state index contributed by atoms with van der Waals surface area (Å²) in [7, 11) is 0. The summed E-state index contributed by atoms with van der Waals surface area (Å²) < 4.78 is 0.878. The summed E-state index contributed by atoms with van der Waals surface area (Å²) >= 11 is 4.20. The van der Waals surface area contributed by atoms with Crippen LogP contribution in [0, 0.1) is 6.92 Å². The van der Waals surface area contributed by atoms with Crippen molar-refractivity contribution in [3.8, 4) is 0 Å². The first-order valence-electron chi connectivity index (χ1n) is 7.80. The van der Waals surface area contributed by atoms with Crippen molar-refractivity contribution in [1.29, 1.82) is 0 Å². The van der Waals surface area contributed by atoms with Crippen LogP contribution in [0.3, 0.4) is 0 Å². The van der Waals surface area contributed by atoms with Crippen LogP contribution in [-0.2, 0) is 9.59 Å². The number of nitrogens with zero attached hydrogens (tertiary/aromatic N) is 1. The molecule has 1 N–H and O–H groups in total. The molecule has 0 atom stereocenters. The van der Waals surface area contributed by atoms with Crippen LogP contribution in [0.25, 0.3) is 6.08 Å². The van der Waals surface area contributed by atoms with Crippen LogP contribution in [0.1, 0.15) is 11.1 Å². The first-order chi connectivity index (χ1) is 12.4. The van der Waals surface area contributed by atoms with Gasteiger partial charge in [0.1, 0.15) is 6.54 Å². The number of rotatable bonds is 4. The summed E-state index contributed by atoms with van der Waals surface area (Å²) in [6.07, 6.45) is 1.65. The monoisotopic (exact) mass is 430 g/mol. The lowest BCUT2D eigenvalue weighted by molar-refractivity contribution is -0.127. The minimum absolute atomic E-state index is 0.302. The van der Waals surface area contributed by atoms with Crippen LogP contribution in [0.4, 0.5) is 10.5 Å². The number of carbonyl (C=O) groups excluding carboxylic acids is 3. The third kappa shape index (κ3) is 4.42. The Morgan fingerprint density at radius 3 is 2.69 bits per heavy atom. The quantitative estimate of drug-likeness (QED) is 0.728. The first kappa shape index (κ1) is 18.4. The number of thioether (sulfide) groups is 1. The van der Waals surface area contributed by atoms with Gasteiger partial charge in [-0.05, 0) is 60.2 Å². The van der Waals surface area contributed by atoms with E-state index in [9.17, 15) is 14.4 Å². The SMILES string of the molecule is Cc1cccc(NC(=O)CN2C(=O)S/C(=C/c3cccc(Br)c3)C2=O)c1. The van der Waals surface area contributed by atoms with Gasteiger partial charge in [0.05, 0.1) is 4.91 Å². The highest BCUT2D eigenvalue weighted by Crippen LogP contribution is 2.32. The smallest absolute Gasteiger partial charge is 0.294 e. The maximum atomic E-state index is 12.5. The Balaban J connectivity index is 1.70. The van der Waals surface area contributed by atoms with Crippen molar-refractivity contribution in [2.45, 2.75) is 6.92 Å². The lowest BCUT2D eigenvalue weighted by Crippen LogP contribution is -2.36. The molecule has 0 bridgehead atoms. The van der Waals surface area contributed by atoms with E-state index in [1.165, 1.54) is 0 Å². The molecule has 0 aromatic heterocycles. The molecular weight excluding hydrogens is 416 g/mol. The fourth-order valence-corrected chi connectivity index (χ4v) is 3.71. The molecule has 0 aliphatic carbocycles. The normalized spacial score (nSPS) is 15.6. The van der Waals surface area contributed by atoms with Crippen LogP contribution >= 0.6 is 27.7 Å². The third-order valence-electron chi connectivity index (χ3n) is 3.62. The number of imide groups is 1. The zero-order valence-electron chi connectivity index (χ0n) is 13.9. The molecule has 3 rings (SSSR count). The van der Waals surface area contributed by atoms with Gasteiger partial charge in [-0.1, -0.05) is 40.2 Å². The molecule has 7 heteroatoms. The molecule has 0 saturated carbocycles. The second kappa shape index (κ2) is 7.88. The van der Waals surface area contributed by atoms with Crippen LogP contribution < -0.4 is 5.32 Å². The molecule has 1 heterocycles. The van der Waals surface area contributed by atoms with E-state index in [0.29, 0.717) is 10.6 Å². The Morgan fingerprint density at radius 2 is 1.96 bits per heavy atom. The van der Waals surface area contributed by atoms with Crippen molar-refractivity contribution >= 4 is 56.5 Å². The lowest BCUT2D eigenvalue weighted by atomic mass is 10.2. The predicted octanol–water partition coefficient (Wildman–Crippen LogP) is 4.43. The molecule has 0 spiro atoms. The van der Waals surface area contributed by atoms with Crippen LogP contribution in [0.5, 0.6) is 0 Å². The number of aryl methyl sites for hydroxylation is 1. The zero-order chi connectivity index (χ0) is 18.7. The molecule has 2 aromatic carbocycles. The van der Waals surface area contributed by atoms with Gasteiger partial charge >= 0.3 is 0 Å². The summed E-state index contributed by atoms with van der Waals surface area (Å²) in [6.45, 7) is 1.60. The number of nitrogens with one attached hydrogen (secondary N) is 1. The molecule has 0 radical (unpaired) electrons. The Morgan fingerprint density at radius 1 is 1.19 bits per heavy atom. The van der Waals surface area contributed by atoms with Gasteiger partial charge in [-0.3, -0.25) is 19.3 Å². The lowest BCUT2D eigenvalue weighted by Gasteiger charge is -2.12. The predicted molar refractivity (Wildman–Crippen MR) is 107 cm³/mol. The highest BCUT2D eigenvalue weighted by molar-refractivity contribution is 9.10. The van der Waals surface area contributed by atoms with E-state index in [1.807, 2.05) is 49.4 Å². The fourth-order valence-electron chi connectivity index (χ4n) is 2.45. The maximum Gasteiger partial charge on any atom is 0.294 e. The van der Waals surface area contributed by atoms with E-state index in [2.05, 4.69) is 21.2 Å². The number of amides is 3. The Bertz CT molecular complexity index is 927. The Labute approximate surface area is 163 Å². The Hall–Kier alpha value is -2.38. The summed E-state index contributed by atoms with van der Waals surface area (Å²) in [4.78, 5) is 38.1. The minimum atomic E-state index is -0.459. The van der Waals surface area contributed by atoms with Gasteiger partial charge in [0, 0.05) is 10.2 Å². The van der Waals surface area contributed by atoms with Gasteiger partial charge in [0.25, 0.3) is 11.1 Å². The number of hydrogen-bond donors (Lipinski definition) is 1. The topological polar surface area (TPSA) is 66.5 Å². The highest BCUT2D eigenvalue weighted by atomic mass is 79.9. The molecule has 3 amide bonds. The van der Waals surface area contributed by atoms with Gasteiger partial charge in [0.15, 0.2) is 0 Å². The Kier molecular flexibility index (Phi) is 5.58. The number of halogens is 1. The van der Waals surface area contributed by atoms with Crippen LogP contribution in [0.15, 0.2) is 57.9 Å². The van der Waals surface area contributed by atoms with E-state index in [1.54, 1.807) is 12.1 Å². The molecule has 2 aromatic rings. The number of hydrogen-bond acceptors (Lipinski definition) is 4. The number of anilines is 1. The van der Waals surface area contributed by atoms with Crippen molar-refractivity contribution in [2.75, 3.05) is 11.9 Å².